The molecular weight excluding hydrogens is 260 g/mol. The Morgan fingerprint density at radius 2 is 1.81 bits per heavy atom. The third-order valence-electron chi connectivity index (χ3n) is 4.13. The first-order valence-electron chi connectivity index (χ1n) is 7.44. The van der Waals surface area contributed by atoms with Gasteiger partial charge in [0.15, 0.2) is 0 Å². The summed E-state index contributed by atoms with van der Waals surface area (Å²) in [5.74, 6) is -0.108. The molecule has 3 nitrogen and oxygen atoms in total. The number of nitrogens with two attached hydrogens (primary N) is 1. The van der Waals surface area contributed by atoms with Gasteiger partial charge in [0, 0.05) is 0 Å². The average molecular weight is 280 g/mol. The molecule has 1 aliphatic rings. The summed E-state index contributed by atoms with van der Waals surface area (Å²) < 4.78 is 0. The van der Waals surface area contributed by atoms with E-state index < -0.39 is 6.04 Å². The highest BCUT2D eigenvalue weighted by atomic mass is 16.2. The van der Waals surface area contributed by atoms with Crippen molar-refractivity contribution in [3.63, 3.8) is 0 Å². The molecule has 1 amide bonds. The maximum absolute atomic E-state index is 12.4. The van der Waals surface area contributed by atoms with E-state index in [9.17, 15) is 4.79 Å². The SMILES string of the molecule is NC(C(=O)NC1CCCc2ccccc21)c1ccccc1. The number of nitrogens with one attached hydrogen (secondary N) is 1. The highest BCUT2D eigenvalue weighted by Gasteiger charge is 2.24. The second-order valence-electron chi connectivity index (χ2n) is 5.54. The Bertz CT molecular complexity index is 624. The third kappa shape index (κ3) is 2.98. The van der Waals surface area contributed by atoms with Gasteiger partial charge in [-0.2, -0.15) is 0 Å². The van der Waals surface area contributed by atoms with Crippen molar-refractivity contribution in [3.05, 3.63) is 71.3 Å². The lowest BCUT2D eigenvalue weighted by molar-refractivity contribution is -0.123. The molecule has 2 atom stereocenters. The van der Waals surface area contributed by atoms with E-state index in [-0.39, 0.29) is 11.9 Å². The first-order valence-corrected chi connectivity index (χ1v) is 7.44. The highest BCUT2D eigenvalue weighted by Crippen LogP contribution is 2.29. The minimum atomic E-state index is -0.611. The molecule has 0 bridgehead atoms. The first kappa shape index (κ1) is 13.8. The summed E-state index contributed by atoms with van der Waals surface area (Å²) in [6.45, 7) is 0. The number of carbonyl (C=O) groups is 1. The molecule has 108 valence electrons. The summed E-state index contributed by atoms with van der Waals surface area (Å²) >= 11 is 0. The first-order chi connectivity index (χ1) is 10.3. The van der Waals surface area contributed by atoms with E-state index >= 15 is 0 Å². The molecule has 3 N–H and O–H groups in total. The normalized spacial score (nSPS) is 18.6. The largest absolute Gasteiger partial charge is 0.348 e. The molecular formula is C18H20N2O. The molecule has 21 heavy (non-hydrogen) atoms. The van der Waals surface area contributed by atoms with Crippen LogP contribution in [0.1, 0.15) is 41.6 Å². The zero-order chi connectivity index (χ0) is 14.7. The van der Waals surface area contributed by atoms with Gasteiger partial charge in [-0.1, -0.05) is 54.6 Å². The molecule has 0 fully saturated rings. The summed E-state index contributed by atoms with van der Waals surface area (Å²) in [6, 6.07) is 17.3. The summed E-state index contributed by atoms with van der Waals surface area (Å²) in [5.41, 5.74) is 9.48. The molecule has 2 aromatic rings. The van der Waals surface area contributed by atoms with Gasteiger partial charge < -0.3 is 11.1 Å². The quantitative estimate of drug-likeness (QED) is 0.908. The Morgan fingerprint density at radius 3 is 2.62 bits per heavy atom. The Kier molecular flexibility index (Phi) is 4.02. The van der Waals surface area contributed by atoms with Gasteiger partial charge in [0.1, 0.15) is 6.04 Å². The predicted octanol–water partition coefficient (Wildman–Crippen LogP) is 2.88. The second kappa shape index (κ2) is 6.10. The molecule has 0 aromatic heterocycles. The summed E-state index contributed by atoms with van der Waals surface area (Å²) in [4.78, 5) is 12.4. The number of benzene rings is 2. The standard InChI is InChI=1S/C18H20N2O/c19-17(14-8-2-1-3-9-14)18(21)20-16-12-6-10-13-7-4-5-11-15(13)16/h1-5,7-9,11,16-17H,6,10,12,19H2,(H,20,21). The number of rotatable bonds is 3. The Labute approximate surface area is 125 Å². The van der Waals surface area contributed by atoms with Crippen molar-refractivity contribution in [2.24, 2.45) is 5.73 Å². The molecule has 3 heteroatoms. The van der Waals surface area contributed by atoms with E-state index in [2.05, 4.69) is 23.5 Å². The van der Waals surface area contributed by atoms with Gasteiger partial charge in [-0.25, -0.2) is 0 Å². The van der Waals surface area contributed by atoms with Crippen LogP contribution < -0.4 is 11.1 Å². The molecule has 3 rings (SSSR count). The van der Waals surface area contributed by atoms with Crippen molar-refractivity contribution in [1.29, 1.82) is 0 Å². The van der Waals surface area contributed by atoms with E-state index in [4.69, 9.17) is 5.73 Å². The van der Waals surface area contributed by atoms with E-state index in [0.29, 0.717) is 0 Å². The highest BCUT2D eigenvalue weighted by molar-refractivity contribution is 5.83. The van der Waals surface area contributed by atoms with Crippen molar-refractivity contribution in [2.45, 2.75) is 31.3 Å². The van der Waals surface area contributed by atoms with Gasteiger partial charge in [-0.3, -0.25) is 4.79 Å². The average Bonchev–Trinajstić information content (AvgIpc) is 2.55. The topological polar surface area (TPSA) is 55.1 Å². The molecule has 0 heterocycles. The van der Waals surface area contributed by atoms with Crippen LogP contribution in [0.5, 0.6) is 0 Å². The fourth-order valence-corrected chi connectivity index (χ4v) is 2.98. The van der Waals surface area contributed by atoms with Crippen LogP contribution in [0.25, 0.3) is 0 Å². The maximum atomic E-state index is 12.4. The number of hydrogen-bond acceptors (Lipinski definition) is 2. The number of fused-ring (bicyclic) bond motifs is 1. The van der Waals surface area contributed by atoms with Crippen LogP contribution in [0, 0.1) is 0 Å². The smallest absolute Gasteiger partial charge is 0.241 e. The van der Waals surface area contributed by atoms with Crippen molar-refractivity contribution in [3.8, 4) is 0 Å². The predicted molar refractivity (Wildman–Crippen MR) is 83.6 cm³/mol. The third-order valence-corrected chi connectivity index (χ3v) is 4.13. The van der Waals surface area contributed by atoms with Gasteiger partial charge in [0.25, 0.3) is 0 Å². The van der Waals surface area contributed by atoms with Gasteiger partial charge in [-0.05, 0) is 36.0 Å². The molecule has 2 unspecified atom stereocenters. The van der Waals surface area contributed by atoms with Crippen molar-refractivity contribution >= 4 is 5.91 Å². The number of aryl methyl sites for hydroxylation is 1. The van der Waals surface area contributed by atoms with E-state index in [1.165, 1.54) is 11.1 Å². The summed E-state index contributed by atoms with van der Waals surface area (Å²) in [5, 5.41) is 3.11. The summed E-state index contributed by atoms with van der Waals surface area (Å²) in [6.07, 6.45) is 3.17. The number of carbonyl (C=O) groups excluding carboxylic acids is 1. The summed E-state index contributed by atoms with van der Waals surface area (Å²) in [7, 11) is 0. The Hall–Kier alpha value is -2.13. The monoisotopic (exact) mass is 280 g/mol. The molecule has 0 spiro atoms. The number of amides is 1. The van der Waals surface area contributed by atoms with Crippen LogP contribution in [0.15, 0.2) is 54.6 Å². The molecule has 2 aromatic carbocycles. The van der Waals surface area contributed by atoms with Gasteiger partial charge in [0.05, 0.1) is 6.04 Å². The minimum absolute atomic E-state index is 0.0808. The minimum Gasteiger partial charge on any atom is -0.348 e. The van der Waals surface area contributed by atoms with Crippen molar-refractivity contribution in [2.75, 3.05) is 0 Å². The molecule has 0 saturated carbocycles. The van der Waals surface area contributed by atoms with Crippen molar-refractivity contribution < 1.29 is 4.79 Å². The maximum Gasteiger partial charge on any atom is 0.241 e. The molecule has 0 aliphatic heterocycles. The fourth-order valence-electron chi connectivity index (χ4n) is 2.98. The van der Waals surface area contributed by atoms with Crippen LogP contribution in [-0.4, -0.2) is 5.91 Å². The van der Waals surface area contributed by atoms with Gasteiger partial charge in [0.2, 0.25) is 5.91 Å². The van der Waals surface area contributed by atoms with Crippen LogP contribution in [0.2, 0.25) is 0 Å². The lowest BCUT2D eigenvalue weighted by Crippen LogP contribution is -2.37. The number of hydrogen-bond donors (Lipinski definition) is 2. The van der Waals surface area contributed by atoms with E-state index in [1.807, 2.05) is 36.4 Å². The fraction of sp³-hybridized carbons (Fsp3) is 0.278. The van der Waals surface area contributed by atoms with E-state index in [0.717, 1.165) is 24.8 Å². The lowest BCUT2D eigenvalue weighted by atomic mass is 9.87. The lowest BCUT2D eigenvalue weighted by Gasteiger charge is -2.27. The molecule has 1 aliphatic carbocycles. The Balaban J connectivity index is 1.74. The zero-order valence-electron chi connectivity index (χ0n) is 12.0. The zero-order valence-corrected chi connectivity index (χ0v) is 12.0. The van der Waals surface area contributed by atoms with Crippen LogP contribution >= 0.6 is 0 Å². The van der Waals surface area contributed by atoms with Gasteiger partial charge in [-0.15, -0.1) is 0 Å². The van der Waals surface area contributed by atoms with Crippen molar-refractivity contribution in [1.82, 2.24) is 5.32 Å². The van der Waals surface area contributed by atoms with Crippen LogP contribution in [0.4, 0.5) is 0 Å². The van der Waals surface area contributed by atoms with Crippen LogP contribution in [-0.2, 0) is 11.2 Å². The molecule has 0 saturated heterocycles. The Morgan fingerprint density at radius 1 is 1.10 bits per heavy atom. The van der Waals surface area contributed by atoms with E-state index in [1.54, 1.807) is 0 Å². The van der Waals surface area contributed by atoms with Crippen LogP contribution in [0.3, 0.4) is 0 Å². The van der Waals surface area contributed by atoms with Gasteiger partial charge >= 0.3 is 0 Å². The second-order valence-corrected chi connectivity index (χ2v) is 5.54. The molecule has 0 radical (unpaired) electrons.